The van der Waals surface area contributed by atoms with E-state index in [-0.39, 0.29) is 17.8 Å². The number of ether oxygens (including phenoxy) is 1. The van der Waals surface area contributed by atoms with Crippen LogP contribution in [0.15, 0.2) is 18.2 Å². The Morgan fingerprint density at radius 3 is 2.79 bits per heavy atom. The van der Waals surface area contributed by atoms with E-state index in [0.717, 1.165) is 35.4 Å². The van der Waals surface area contributed by atoms with Gasteiger partial charge in [-0.25, -0.2) is 0 Å². The highest BCUT2D eigenvalue weighted by atomic mass is 32.1. The zero-order valence-electron chi connectivity index (χ0n) is 17.6. The molecule has 1 aromatic carbocycles. The van der Waals surface area contributed by atoms with Crippen molar-refractivity contribution in [3.8, 4) is 11.5 Å². The van der Waals surface area contributed by atoms with E-state index in [4.69, 9.17) is 4.74 Å². The van der Waals surface area contributed by atoms with Crippen molar-refractivity contribution in [2.24, 2.45) is 11.3 Å². The topological polar surface area (TPSA) is 70.6 Å². The summed E-state index contributed by atoms with van der Waals surface area (Å²) in [6, 6.07) is 5.21. The molecule has 5 nitrogen and oxygen atoms in total. The molecule has 4 rings (SSSR count). The highest BCUT2D eigenvalue weighted by Crippen LogP contribution is 2.47. The van der Waals surface area contributed by atoms with Crippen molar-refractivity contribution in [1.82, 2.24) is 5.32 Å². The summed E-state index contributed by atoms with van der Waals surface area (Å²) in [6.07, 6.45) is 4.01. The van der Waals surface area contributed by atoms with Crippen molar-refractivity contribution in [3.63, 3.8) is 0 Å². The van der Waals surface area contributed by atoms with Crippen molar-refractivity contribution < 1.29 is 14.6 Å². The maximum atomic E-state index is 13.0. The number of carbonyl (C=O) groups excluding carboxylic acids is 1. The first-order chi connectivity index (χ1) is 13.8. The van der Waals surface area contributed by atoms with E-state index in [1.807, 2.05) is 13.0 Å². The number of anilines is 1. The second kappa shape index (κ2) is 7.56. The number of aromatic hydroxyl groups is 1. The molecule has 2 aliphatic rings. The van der Waals surface area contributed by atoms with Crippen LogP contribution in [0.25, 0.3) is 0 Å². The van der Waals surface area contributed by atoms with Gasteiger partial charge in [-0.05, 0) is 60.8 Å². The predicted molar refractivity (Wildman–Crippen MR) is 117 cm³/mol. The Morgan fingerprint density at radius 2 is 2.07 bits per heavy atom. The molecule has 1 aliphatic heterocycles. The maximum absolute atomic E-state index is 13.0. The Hall–Kier alpha value is -2.21. The van der Waals surface area contributed by atoms with Gasteiger partial charge < -0.3 is 20.5 Å². The zero-order chi connectivity index (χ0) is 20.8. The molecule has 1 aromatic heterocycles. The van der Waals surface area contributed by atoms with Crippen LogP contribution in [0.2, 0.25) is 0 Å². The number of rotatable bonds is 5. The summed E-state index contributed by atoms with van der Waals surface area (Å²) in [5.41, 5.74) is 3.25. The average Bonchev–Trinajstić information content (AvgIpc) is 3.07. The minimum Gasteiger partial charge on any atom is -0.504 e. The third kappa shape index (κ3) is 3.59. The van der Waals surface area contributed by atoms with Crippen LogP contribution in [0, 0.1) is 11.3 Å². The number of phenolic OH excluding ortho intramolecular Hbond substituents is 1. The summed E-state index contributed by atoms with van der Waals surface area (Å²) in [4.78, 5) is 14.3. The molecule has 0 unspecified atom stereocenters. The van der Waals surface area contributed by atoms with Gasteiger partial charge in [0.15, 0.2) is 11.5 Å². The molecule has 0 saturated carbocycles. The Morgan fingerprint density at radius 1 is 1.28 bits per heavy atom. The lowest BCUT2D eigenvalue weighted by Gasteiger charge is -2.36. The third-order valence-electron chi connectivity index (χ3n) is 6.68. The summed E-state index contributed by atoms with van der Waals surface area (Å²) >= 11 is 1.74. The molecule has 0 saturated heterocycles. The number of hydrogen-bond acceptors (Lipinski definition) is 5. The molecular formula is C23H30N2O3S. The highest BCUT2D eigenvalue weighted by molar-refractivity contribution is 7.16. The first kappa shape index (κ1) is 20.1. The number of fused-ring (bicyclic) bond motifs is 3. The number of phenols is 1. The van der Waals surface area contributed by atoms with Gasteiger partial charge in [0.25, 0.3) is 5.91 Å². The average molecular weight is 415 g/mol. The smallest absolute Gasteiger partial charge is 0.256 e. The van der Waals surface area contributed by atoms with Gasteiger partial charge in [-0.1, -0.05) is 33.3 Å². The lowest BCUT2D eigenvalue weighted by molar-refractivity contribution is 0.0934. The van der Waals surface area contributed by atoms with Crippen molar-refractivity contribution >= 4 is 22.2 Å². The quantitative estimate of drug-likeness (QED) is 0.625. The molecule has 0 radical (unpaired) electrons. The van der Waals surface area contributed by atoms with Gasteiger partial charge in [0.2, 0.25) is 0 Å². The normalized spacial score (nSPS) is 21.0. The molecule has 1 amide bonds. The van der Waals surface area contributed by atoms with Gasteiger partial charge in [0, 0.05) is 4.88 Å². The third-order valence-corrected chi connectivity index (χ3v) is 7.86. The number of nitrogens with one attached hydrogen (secondary N) is 2. The van der Waals surface area contributed by atoms with E-state index < -0.39 is 0 Å². The summed E-state index contributed by atoms with van der Waals surface area (Å²) < 4.78 is 5.50. The van der Waals surface area contributed by atoms with E-state index in [1.54, 1.807) is 23.5 Å². The molecule has 0 fully saturated rings. The van der Waals surface area contributed by atoms with E-state index >= 15 is 0 Å². The Kier molecular flexibility index (Phi) is 5.23. The first-order valence-corrected chi connectivity index (χ1v) is 11.3. The van der Waals surface area contributed by atoms with Crippen molar-refractivity contribution in [3.05, 3.63) is 39.8 Å². The van der Waals surface area contributed by atoms with Crippen molar-refractivity contribution in [2.45, 2.75) is 59.5 Å². The second-order valence-electron chi connectivity index (χ2n) is 8.70. The standard InChI is InChI=1S/C23H30N2O3S/c1-5-23(3,4)14-8-9-15-18(12-14)29-22-19(15)21(27)24-20(25-22)13-7-10-16(26)17(11-13)28-6-2/h7,10-11,14,20,25-26H,5-6,8-9,12H2,1-4H3,(H,24,27)/t14-,20+/m1/s1. The fourth-order valence-corrected chi connectivity index (χ4v) is 5.75. The number of thiophene rings is 1. The molecule has 0 spiro atoms. The Balaban J connectivity index is 1.61. The highest BCUT2D eigenvalue weighted by Gasteiger charge is 2.37. The zero-order valence-corrected chi connectivity index (χ0v) is 18.4. The molecule has 0 bridgehead atoms. The predicted octanol–water partition coefficient (Wildman–Crippen LogP) is 5.25. The van der Waals surface area contributed by atoms with Gasteiger partial charge in [-0.3, -0.25) is 4.79 Å². The second-order valence-corrected chi connectivity index (χ2v) is 9.81. The molecule has 1 aliphatic carbocycles. The van der Waals surface area contributed by atoms with Gasteiger partial charge in [-0.2, -0.15) is 0 Å². The molecule has 156 valence electrons. The molecule has 2 aromatic rings. The SMILES string of the molecule is CCOc1cc([C@H]2NC(=O)c3c(sc4c3CC[C@@H](C(C)(C)CC)C4)N2)ccc1O. The van der Waals surface area contributed by atoms with E-state index in [2.05, 4.69) is 31.4 Å². The van der Waals surface area contributed by atoms with Crippen LogP contribution in [0.1, 0.15) is 73.1 Å². The van der Waals surface area contributed by atoms with Gasteiger partial charge in [-0.15, -0.1) is 11.3 Å². The monoisotopic (exact) mass is 414 g/mol. The molecule has 2 atom stereocenters. The first-order valence-electron chi connectivity index (χ1n) is 10.5. The summed E-state index contributed by atoms with van der Waals surface area (Å²) in [7, 11) is 0. The molecular weight excluding hydrogens is 384 g/mol. The minimum absolute atomic E-state index is 0.0134. The van der Waals surface area contributed by atoms with E-state index in [1.165, 1.54) is 16.9 Å². The molecule has 2 heterocycles. The number of amides is 1. The Labute approximate surface area is 176 Å². The van der Waals surface area contributed by atoms with Gasteiger partial charge in [0.1, 0.15) is 11.2 Å². The number of benzene rings is 1. The maximum Gasteiger partial charge on any atom is 0.256 e. The number of hydrogen-bond donors (Lipinski definition) is 3. The Bertz CT molecular complexity index is 934. The minimum atomic E-state index is -0.335. The molecule has 6 heteroatoms. The number of carbonyl (C=O) groups is 1. The van der Waals surface area contributed by atoms with Crippen LogP contribution < -0.4 is 15.4 Å². The summed E-state index contributed by atoms with van der Waals surface area (Å²) in [6.45, 7) is 9.33. The van der Waals surface area contributed by atoms with Crippen LogP contribution >= 0.6 is 11.3 Å². The van der Waals surface area contributed by atoms with Gasteiger partial charge in [0.05, 0.1) is 12.2 Å². The van der Waals surface area contributed by atoms with E-state index in [9.17, 15) is 9.90 Å². The summed E-state index contributed by atoms with van der Waals surface area (Å²) in [5.74, 6) is 1.18. The lowest BCUT2D eigenvalue weighted by atomic mass is 9.69. The lowest BCUT2D eigenvalue weighted by Crippen LogP contribution is -2.38. The largest absolute Gasteiger partial charge is 0.504 e. The van der Waals surface area contributed by atoms with Crippen molar-refractivity contribution in [1.29, 1.82) is 0 Å². The molecule has 29 heavy (non-hydrogen) atoms. The van der Waals surface area contributed by atoms with Crippen LogP contribution in [-0.2, 0) is 12.8 Å². The molecule has 3 N–H and O–H groups in total. The fourth-order valence-electron chi connectivity index (χ4n) is 4.40. The van der Waals surface area contributed by atoms with Crippen LogP contribution in [0.4, 0.5) is 5.00 Å². The fraction of sp³-hybridized carbons (Fsp3) is 0.522. The van der Waals surface area contributed by atoms with Crippen molar-refractivity contribution in [2.75, 3.05) is 11.9 Å². The summed E-state index contributed by atoms with van der Waals surface area (Å²) in [5, 5.41) is 17.5. The van der Waals surface area contributed by atoms with Gasteiger partial charge >= 0.3 is 0 Å². The van der Waals surface area contributed by atoms with E-state index in [0.29, 0.717) is 23.7 Å². The van der Waals surface area contributed by atoms with Crippen LogP contribution in [0.5, 0.6) is 11.5 Å². The van der Waals surface area contributed by atoms with Crippen LogP contribution in [0.3, 0.4) is 0 Å². The van der Waals surface area contributed by atoms with Crippen LogP contribution in [-0.4, -0.2) is 17.6 Å².